The van der Waals surface area contributed by atoms with Crippen molar-refractivity contribution >= 4 is 0 Å². The summed E-state index contributed by atoms with van der Waals surface area (Å²) in [6.45, 7) is 5.45. The molecule has 0 aromatic carbocycles. The zero-order valence-corrected chi connectivity index (χ0v) is 9.16. The minimum atomic E-state index is 0.402. The topological polar surface area (TPSA) is 50.8 Å². The Morgan fingerprint density at radius 3 is 2.60 bits per heavy atom. The summed E-state index contributed by atoms with van der Waals surface area (Å²) in [7, 11) is 0. The number of aromatic nitrogens is 2. The summed E-state index contributed by atoms with van der Waals surface area (Å²) in [6, 6.07) is 2.61. The third-order valence-electron chi connectivity index (χ3n) is 2.97. The van der Waals surface area contributed by atoms with E-state index in [0.717, 1.165) is 43.0 Å². The first-order valence-corrected chi connectivity index (χ1v) is 5.27. The SMILES string of the molecule is Cc1nn(C2CCOCC2)c(C)c1C#N. The zero-order chi connectivity index (χ0) is 10.8. The molecule has 80 valence electrons. The summed E-state index contributed by atoms with van der Waals surface area (Å²) >= 11 is 0. The van der Waals surface area contributed by atoms with E-state index in [2.05, 4.69) is 11.2 Å². The molecule has 0 saturated carbocycles. The van der Waals surface area contributed by atoms with Gasteiger partial charge in [0.05, 0.1) is 23.0 Å². The van der Waals surface area contributed by atoms with Crippen molar-refractivity contribution in [3.8, 4) is 6.07 Å². The van der Waals surface area contributed by atoms with Gasteiger partial charge in [-0.1, -0.05) is 0 Å². The van der Waals surface area contributed by atoms with Crippen LogP contribution in [0.3, 0.4) is 0 Å². The van der Waals surface area contributed by atoms with Crippen molar-refractivity contribution in [1.29, 1.82) is 5.26 Å². The van der Waals surface area contributed by atoms with Gasteiger partial charge in [0.1, 0.15) is 6.07 Å². The molecule has 1 aromatic heterocycles. The quantitative estimate of drug-likeness (QED) is 0.701. The van der Waals surface area contributed by atoms with Gasteiger partial charge in [0.25, 0.3) is 0 Å². The highest BCUT2D eigenvalue weighted by Crippen LogP contribution is 2.24. The van der Waals surface area contributed by atoms with Gasteiger partial charge in [-0.25, -0.2) is 0 Å². The molecule has 0 aliphatic carbocycles. The summed E-state index contributed by atoms with van der Waals surface area (Å²) in [6.07, 6.45) is 1.99. The number of nitriles is 1. The maximum Gasteiger partial charge on any atom is 0.103 e. The summed E-state index contributed by atoms with van der Waals surface area (Å²) < 4.78 is 7.31. The Kier molecular flexibility index (Phi) is 2.74. The number of hydrogen-bond acceptors (Lipinski definition) is 3. The Balaban J connectivity index is 2.32. The zero-order valence-electron chi connectivity index (χ0n) is 9.16. The summed E-state index contributed by atoms with van der Waals surface area (Å²) in [5.74, 6) is 0. The van der Waals surface area contributed by atoms with Crippen LogP contribution >= 0.6 is 0 Å². The lowest BCUT2D eigenvalue weighted by Gasteiger charge is -2.23. The molecule has 0 radical (unpaired) electrons. The van der Waals surface area contributed by atoms with Crippen LogP contribution in [0.5, 0.6) is 0 Å². The molecule has 0 spiro atoms. The molecule has 1 aliphatic heterocycles. The van der Waals surface area contributed by atoms with Crippen molar-refractivity contribution in [3.05, 3.63) is 17.0 Å². The van der Waals surface area contributed by atoms with Crippen LogP contribution in [0.2, 0.25) is 0 Å². The van der Waals surface area contributed by atoms with Gasteiger partial charge in [0, 0.05) is 13.2 Å². The smallest absolute Gasteiger partial charge is 0.103 e. The highest BCUT2D eigenvalue weighted by molar-refractivity contribution is 5.36. The van der Waals surface area contributed by atoms with Crippen molar-refractivity contribution in [3.63, 3.8) is 0 Å². The Bertz CT molecular complexity index is 397. The third kappa shape index (κ3) is 1.75. The molecule has 4 heteroatoms. The van der Waals surface area contributed by atoms with Gasteiger partial charge in [-0.2, -0.15) is 10.4 Å². The fourth-order valence-corrected chi connectivity index (χ4v) is 2.11. The maximum absolute atomic E-state index is 8.98. The number of hydrogen-bond donors (Lipinski definition) is 0. The van der Waals surface area contributed by atoms with Crippen LogP contribution in [0.1, 0.15) is 35.8 Å². The molecule has 1 aromatic rings. The van der Waals surface area contributed by atoms with E-state index in [9.17, 15) is 0 Å². The molecule has 4 nitrogen and oxygen atoms in total. The van der Waals surface area contributed by atoms with E-state index in [0.29, 0.717) is 6.04 Å². The lowest BCUT2D eigenvalue weighted by Crippen LogP contribution is -2.21. The van der Waals surface area contributed by atoms with E-state index in [4.69, 9.17) is 10.00 Å². The molecule has 0 bridgehead atoms. The van der Waals surface area contributed by atoms with Crippen molar-refractivity contribution in [2.45, 2.75) is 32.7 Å². The highest BCUT2D eigenvalue weighted by atomic mass is 16.5. The molecule has 1 fully saturated rings. The number of nitrogens with zero attached hydrogens (tertiary/aromatic N) is 3. The first-order valence-electron chi connectivity index (χ1n) is 5.27. The van der Waals surface area contributed by atoms with E-state index in [-0.39, 0.29) is 0 Å². The van der Waals surface area contributed by atoms with Crippen LogP contribution in [0.4, 0.5) is 0 Å². The summed E-state index contributed by atoms with van der Waals surface area (Å²) in [4.78, 5) is 0. The number of aryl methyl sites for hydroxylation is 1. The van der Waals surface area contributed by atoms with Crippen LogP contribution in [0.25, 0.3) is 0 Å². The van der Waals surface area contributed by atoms with Crippen molar-refractivity contribution in [2.75, 3.05) is 13.2 Å². The van der Waals surface area contributed by atoms with Crippen LogP contribution in [-0.4, -0.2) is 23.0 Å². The molecular formula is C11H15N3O. The molecule has 1 saturated heterocycles. The van der Waals surface area contributed by atoms with Crippen LogP contribution < -0.4 is 0 Å². The molecule has 0 atom stereocenters. The third-order valence-corrected chi connectivity index (χ3v) is 2.97. The second kappa shape index (κ2) is 4.03. The molecule has 2 rings (SSSR count). The number of ether oxygens (including phenoxy) is 1. The Morgan fingerprint density at radius 1 is 1.40 bits per heavy atom. The minimum absolute atomic E-state index is 0.402. The first-order chi connectivity index (χ1) is 7.24. The maximum atomic E-state index is 8.98. The van der Waals surface area contributed by atoms with Gasteiger partial charge in [0.15, 0.2) is 0 Å². The second-order valence-electron chi connectivity index (χ2n) is 3.95. The van der Waals surface area contributed by atoms with E-state index in [1.807, 2.05) is 18.5 Å². The Hall–Kier alpha value is -1.34. The molecule has 15 heavy (non-hydrogen) atoms. The van der Waals surface area contributed by atoms with E-state index in [1.165, 1.54) is 0 Å². The van der Waals surface area contributed by atoms with Crippen LogP contribution in [-0.2, 0) is 4.74 Å². The van der Waals surface area contributed by atoms with Crippen molar-refractivity contribution in [1.82, 2.24) is 9.78 Å². The standard InChI is InChI=1S/C11H15N3O/c1-8-11(7-12)9(2)14(13-8)10-3-5-15-6-4-10/h10H,3-6H2,1-2H3. The average molecular weight is 205 g/mol. The fourth-order valence-electron chi connectivity index (χ4n) is 2.11. The lowest BCUT2D eigenvalue weighted by atomic mass is 10.1. The van der Waals surface area contributed by atoms with E-state index < -0.39 is 0 Å². The van der Waals surface area contributed by atoms with Crippen LogP contribution in [0, 0.1) is 25.2 Å². The van der Waals surface area contributed by atoms with E-state index >= 15 is 0 Å². The predicted octanol–water partition coefficient (Wildman–Crippen LogP) is 1.72. The van der Waals surface area contributed by atoms with Crippen molar-refractivity contribution < 1.29 is 4.74 Å². The summed E-state index contributed by atoms with van der Waals surface area (Å²) in [5, 5.41) is 13.4. The molecule has 0 N–H and O–H groups in total. The Morgan fingerprint density at radius 2 is 2.07 bits per heavy atom. The first kappa shape index (κ1) is 10.2. The Labute approximate surface area is 89.5 Å². The van der Waals surface area contributed by atoms with Crippen molar-refractivity contribution in [2.24, 2.45) is 0 Å². The molecular weight excluding hydrogens is 190 g/mol. The molecule has 2 heterocycles. The van der Waals surface area contributed by atoms with Gasteiger partial charge in [0.2, 0.25) is 0 Å². The van der Waals surface area contributed by atoms with Gasteiger partial charge < -0.3 is 4.74 Å². The fraction of sp³-hybridized carbons (Fsp3) is 0.636. The molecule has 0 amide bonds. The lowest BCUT2D eigenvalue weighted by molar-refractivity contribution is 0.0656. The molecule has 0 unspecified atom stereocenters. The molecule has 1 aliphatic rings. The number of rotatable bonds is 1. The second-order valence-corrected chi connectivity index (χ2v) is 3.95. The highest BCUT2D eigenvalue weighted by Gasteiger charge is 2.20. The van der Waals surface area contributed by atoms with Gasteiger partial charge in [-0.3, -0.25) is 4.68 Å². The summed E-state index contributed by atoms with van der Waals surface area (Å²) in [5.41, 5.74) is 2.55. The predicted molar refractivity (Wildman–Crippen MR) is 55.5 cm³/mol. The monoisotopic (exact) mass is 205 g/mol. The van der Waals surface area contributed by atoms with E-state index in [1.54, 1.807) is 0 Å². The van der Waals surface area contributed by atoms with Gasteiger partial charge in [-0.05, 0) is 26.7 Å². The van der Waals surface area contributed by atoms with Gasteiger partial charge >= 0.3 is 0 Å². The van der Waals surface area contributed by atoms with Gasteiger partial charge in [-0.15, -0.1) is 0 Å². The largest absolute Gasteiger partial charge is 0.381 e. The van der Waals surface area contributed by atoms with Crippen LogP contribution in [0.15, 0.2) is 0 Å². The normalized spacial score (nSPS) is 17.7. The average Bonchev–Trinajstić information content (AvgIpc) is 2.55. The minimum Gasteiger partial charge on any atom is -0.381 e.